The van der Waals surface area contributed by atoms with Gasteiger partial charge >= 0.3 is 0 Å². The minimum Gasteiger partial charge on any atom is -0.496 e. The summed E-state index contributed by atoms with van der Waals surface area (Å²) in [5.41, 5.74) is 4.27. The topological polar surface area (TPSA) is 46.6 Å². The SMILES string of the molecule is COc1cc(C)c(C[C@H]2SC(=O)N(Cc3ccccc3)C2=O)cc1C(C)C. The fraction of sp³-hybridized carbons (Fsp3) is 0.364. The smallest absolute Gasteiger partial charge is 0.289 e. The van der Waals surface area contributed by atoms with E-state index < -0.39 is 0 Å². The molecule has 27 heavy (non-hydrogen) atoms. The quantitative estimate of drug-likeness (QED) is 0.709. The van der Waals surface area contributed by atoms with Crippen LogP contribution in [-0.4, -0.2) is 28.4 Å². The molecule has 0 aromatic heterocycles. The van der Waals surface area contributed by atoms with Crippen LogP contribution in [0.15, 0.2) is 42.5 Å². The van der Waals surface area contributed by atoms with Gasteiger partial charge in [-0.2, -0.15) is 0 Å². The maximum absolute atomic E-state index is 12.8. The molecule has 1 atom stereocenters. The second-order valence-electron chi connectivity index (χ2n) is 7.16. The molecule has 4 nitrogen and oxygen atoms in total. The number of rotatable bonds is 6. The summed E-state index contributed by atoms with van der Waals surface area (Å²) < 4.78 is 5.50. The van der Waals surface area contributed by atoms with Gasteiger partial charge in [0.2, 0.25) is 5.91 Å². The van der Waals surface area contributed by atoms with Crippen molar-refractivity contribution in [3.8, 4) is 5.75 Å². The third-order valence-electron chi connectivity index (χ3n) is 4.90. The molecule has 0 bridgehead atoms. The summed E-state index contributed by atoms with van der Waals surface area (Å²) in [6.07, 6.45) is 0.552. The van der Waals surface area contributed by atoms with Gasteiger partial charge < -0.3 is 4.74 Å². The second kappa shape index (κ2) is 8.17. The number of benzene rings is 2. The second-order valence-corrected chi connectivity index (χ2v) is 8.32. The van der Waals surface area contributed by atoms with Gasteiger partial charge in [-0.15, -0.1) is 0 Å². The van der Waals surface area contributed by atoms with Gasteiger partial charge in [0.15, 0.2) is 0 Å². The molecule has 5 heteroatoms. The molecule has 0 spiro atoms. The Labute approximate surface area is 164 Å². The zero-order chi connectivity index (χ0) is 19.6. The Morgan fingerprint density at radius 3 is 2.48 bits per heavy atom. The number of thioether (sulfide) groups is 1. The van der Waals surface area contributed by atoms with Gasteiger partial charge in [-0.25, -0.2) is 0 Å². The van der Waals surface area contributed by atoms with Crippen molar-refractivity contribution in [3.63, 3.8) is 0 Å². The van der Waals surface area contributed by atoms with E-state index in [-0.39, 0.29) is 16.4 Å². The van der Waals surface area contributed by atoms with Crippen molar-refractivity contribution in [2.75, 3.05) is 7.11 Å². The molecule has 1 saturated heterocycles. The zero-order valence-corrected chi connectivity index (χ0v) is 17.0. The van der Waals surface area contributed by atoms with E-state index in [1.54, 1.807) is 7.11 Å². The molecule has 1 aliphatic rings. The Bertz CT molecular complexity index is 848. The number of imide groups is 1. The maximum Gasteiger partial charge on any atom is 0.289 e. The van der Waals surface area contributed by atoms with E-state index >= 15 is 0 Å². The van der Waals surface area contributed by atoms with Gasteiger partial charge in [0.1, 0.15) is 5.75 Å². The fourth-order valence-electron chi connectivity index (χ4n) is 3.33. The van der Waals surface area contributed by atoms with E-state index in [0.717, 1.165) is 39.8 Å². The highest BCUT2D eigenvalue weighted by Crippen LogP contribution is 2.34. The number of hydrogen-bond donors (Lipinski definition) is 0. The zero-order valence-electron chi connectivity index (χ0n) is 16.2. The lowest BCUT2D eigenvalue weighted by Gasteiger charge is -2.18. The van der Waals surface area contributed by atoms with Gasteiger partial charge in [0.25, 0.3) is 5.24 Å². The average Bonchev–Trinajstić information content (AvgIpc) is 2.91. The van der Waals surface area contributed by atoms with Crippen LogP contribution in [0, 0.1) is 6.92 Å². The third-order valence-corrected chi connectivity index (χ3v) is 5.98. The number of nitrogens with zero attached hydrogens (tertiary/aromatic N) is 1. The monoisotopic (exact) mass is 383 g/mol. The lowest BCUT2D eigenvalue weighted by Crippen LogP contribution is -2.31. The molecule has 2 aromatic rings. The predicted molar refractivity (Wildman–Crippen MR) is 109 cm³/mol. The number of methoxy groups -OCH3 is 1. The number of ether oxygens (including phenoxy) is 1. The summed E-state index contributed by atoms with van der Waals surface area (Å²) in [6, 6.07) is 13.8. The number of aryl methyl sites for hydroxylation is 1. The van der Waals surface area contributed by atoms with Crippen molar-refractivity contribution in [3.05, 3.63) is 64.7 Å². The Kier molecular flexibility index (Phi) is 5.90. The van der Waals surface area contributed by atoms with Gasteiger partial charge in [-0.05, 0) is 47.6 Å². The maximum atomic E-state index is 12.8. The molecule has 3 rings (SSSR count). The summed E-state index contributed by atoms with van der Waals surface area (Å²) >= 11 is 1.13. The number of amides is 2. The molecule has 1 heterocycles. The Balaban J connectivity index is 1.79. The normalized spacial score (nSPS) is 17.1. The standard InChI is InChI=1S/C22H25NO3S/c1-14(2)18-11-17(15(3)10-19(18)26-4)12-20-21(24)23(22(25)27-20)13-16-8-6-5-7-9-16/h5-11,14,20H,12-13H2,1-4H3/t20-/m1/s1. The minimum atomic E-state index is -0.367. The highest BCUT2D eigenvalue weighted by atomic mass is 32.2. The predicted octanol–water partition coefficient (Wildman–Crippen LogP) is 4.93. The summed E-state index contributed by atoms with van der Waals surface area (Å²) in [6.45, 7) is 6.60. The van der Waals surface area contributed by atoms with Crippen molar-refractivity contribution < 1.29 is 14.3 Å². The third kappa shape index (κ3) is 4.19. The Hall–Kier alpha value is -2.27. The first-order chi connectivity index (χ1) is 12.9. The van der Waals surface area contributed by atoms with E-state index in [2.05, 4.69) is 19.9 Å². The van der Waals surface area contributed by atoms with Crippen molar-refractivity contribution in [1.29, 1.82) is 0 Å². The first-order valence-corrected chi connectivity index (χ1v) is 10.0. The highest BCUT2D eigenvalue weighted by Gasteiger charge is 2.39. The molecule has 0 saturated carbocycles. The average molecular weight is 384 g/mol. The number of carbonyl (C=O) groups excluding carboxylic acids is 2. The molecule has 0 unspecified atom stereocenters. The van der Waals surface area contributed by atoms with Crippen LogP contribution in [0.25, 0.3) is 0 Å². The number of hydrogen-bond acceptors (Lipinski definition) is 4. The molecule has 1 fully saturated rings. The molecule has 0 aliphatic carbocycles. The van der Waals surface area contributed by atoms with Crippen molar-refractivity contribution >= 4 is 22.9 Å². The van der Waals surface area contributed by atoms with E-state index in [1.165, 1.54) is 4.90 Å². The van der Waals surface area contributed by atoms with Crippen LogP contribution in [0.3, 0.4) is 0 Å². The summed E-state index contributed by atoms with van der Waals surface area (Å²) in [7, 11) is 1.68. The van der Waals surface area contributed by atoms with Crippen molar-refractivity contribution in [1.82, 2.24) is 4.90 Å². The van der Waals surface area contributed by atoms with E-state index in [0.29, 0.717) is 18.9 Å². The molecular formula is C22H25NO3S. The lowest BCUT2D eigenvalue weighted by atomic mass is 9.94. The molecule has 0 radical (unpaired) electrons. The summed E-state index contributed by atoms with van der Waals surface area (Å²) in [5.74, 6) is 1.09. The van der Waals surface area contributed by atoms with E-state index in [4.69, 9.17) is 4.74 Å². The van der Waals surface area contributed by atoms with Gasteiger partial charge in [0, 0.05) is 0 Å². The van der Waals surface area contributed by atoms with Crippen LogP contribution in [0.5, 0.6) is 5.75 Å². The molecule has 2 aromatic carbocycles. The first-order valence-electron chi connectivity index (χ1n) is 9.14. The van der Waals surface area contributed by atoms with Crippen LogP contribution in [0.1, 0.15) is 42.0 Å². The van der Waals surface area contributed by atoms with E-state index in [9.17, 15) is 9.59 Å². The number of carbonyl (C=O) groups is 2. The Morgan fingerprint density at radius 2 is 1.85 bits per heavy atom. The molecule has 1 aliphatic heterocycles. The van der Waals surface area contributed by atoms with Crippen LogP contribution in [0.4, 0.5) is 4.79 Å². The van der Waals surface area contributed by atoms with E-state index in [1.807, 2.05) is 43.3 Å². The molecule has 0 N–H and O–H groups in total. The van der Waals surface area contributed by atoms with Crippen molar-refractivity contribution in [2.45, 2.75) is 44.9 Å². The van der Waals surface area contributed by atoms with Crippen LogP contribution < -0.4 is 4.74 Å². The largest absolute Gasteiger partial charge is 0.496 e. The summed E-state index contributed by atoms with van der Waals surface area (Å²) in [5, 5.41) is -0.530. The van der Waals surface area contributed by atoms with Gasteiger partial charge in [0.05, 0.1) is 18.9 Å². The fourth-order valence-corrected chi connectivity index (χ4v) is 4.35. The molecule has 2 amide bonds. The Morgan fingerprint density at radius 1 is 1.15 bits per heavy atom. The van der Waals surface area contributed by atoms with Crippen molar-refractivity contribution in [2.24, 2.45) is 0 Å². The van der Waals surface area contributed by atoms with Crippen LogP contribution in [-0.2, 0) is 17.8 Å². The minimum absolute atomic E-state index is 0.102. The van der Waals surface area contributed by atoms with Gasteiger partial charge in [-0.3, -0.25) is 14.5 Å². The lowest BCUT2D eigenvalue weighted by molar-refractivity contribution is -0.127. The van der Waals surface area contributed by atoms with Crippen LogP contribution in [0.2, 0.25) is 0 Å². The molecular weight excluding hydrogens is 358 g/mol. The van der Waals surface area contributed by atoms with Gasteiger partial charge in [-0.1, -0.05) is 62.0 Å². The summed E-state index contributed by atoms with van der Waals surface area (Å²) in [4.78, 5) is 26.6. The first kappa shape index (κ1) is 19.5. The van der Waals surface area contributed by atoms with Crippen LogP contribution >= 0.6 is 11.8 Å². The highest BCUT2D eigenvalue weighted by molar-refractivity contribution is 8.15. The molecule has 142 valence electrons.